The molecular weight excluding hydrogens is 376 g/mol. The maximum Gasteiger partial charge on any atom is 0.311 e. The number of methoxy groups -OCH3 is 1. The van der Waals surface area contributed by atoms with E-state index in [1.807, 2.05) is 0 Å². The molecule has 8 nitrogen and oxygen atoms in total. The Kier molecular flexibility index (Phi) is 6.62. The van der Waals surface area contributed by atoms with E-state index >= 15 is 0 Å². The number of anilines is 1. The lowest BCUT2D eigenvalue weighted by Crippen LogP contribution is -2.14. The van der Waals surface area contributed by atoms with Crippen LogP contribution in [0.4, 0.5) is 5.13 Å². The van der Waals surface area contributed by atoms with Gasteiger partial charge in [0.05, 0.1) is 25.0 Å². The van der Waals surface area contributed by atoms with Crippen LogP contribution < -0.4 is 5.32 Å². The Hall–Kier alpha value is -1.94. The fourth-order valence-electron chi connectivity index (χ4n) is 2.74. The lowest BCUT2D eigenvalue weighted by atomic mass is 9.89. The average Bonchev–Trinajstić information content (AvgIpc) is 3.30. The molecule has 0 saturated heterocycles. The van der Waals surface area contributed by atoms with Crippen molar-refractivity contribution < 1.29 is 18.7 Å². The van der Waals surface area contributed by atoms with Crippen LogP contribution in [0.1, 0.15) is 49.6 Å². The molecule has 1 saturated carbocycles. The Morgan fingerprint density at radius 2 is 2.15 bits per heavy atom. The number of rotatable bonds is 7. The second-order valence-corrected chi connectivity index (χ2v) is 7.76. The molecule has 10 heteroatoms. The number of aromatic nitrogens is 3. The average molecular weight is 396 g/mol. The van der Waals surface area contributed by atoms with Crippen molar-refractivity contribution in [1.29, 1.82) is 0 Å². The molecule has 1 amide bonds. The zero-order valence-corrected chi connectivity index (χ0v) is 16.0. The number of esters is 1. The second-order valence-electron chi connectivity index (χ2n) is 5.97. The van der Waals surface area contributed by atoms with Gasteiger partial charge in [-0.1, -0.05) is 31.0 Å². The third kappa shape index (κ3) is 5.28. The van der Waals surface area contributed by atoms with Gasteiger partial charge in [-0.25, -0.2) is 4.98 Å². The van der Waals surface area contributed by atoms with E-state index in [2.05, 4.69) is 25.2 Å². The largest absolute Gasteiger partial charge is 0.469 e. The highest BCUT2D eigenvalue weighted by Gasteiger charge is 2.21. The van der Waals surface area contributed by atoms with Crippen LogP contribution >= 0.6 is 23.1 Å². The number of amides is 1. The van der Waals surface area contributed by atoms with E-state index in [9.17, 15) is 9.59 Å². The lowest BCUT2D eigenvalue weighted by molar-refractivity contribution is -0.139. The minimum absolute atomic E-state index is 0.0869. The van der Waals surface area contributed by atoms with Gasteiger partial charge in [0.1, 0.15) is 0 Å². The van der Waals surface area contributed by atoms with E-state index < -0.39 is 0 Å². The minimum atomic E-state index is -0.367. The number of nitrogens with one attached hydrogen (secondary N) is 1. The highest BCUT2D eigenvalue weighted by molar-refractivity contribution is 7.99. The molecule has 0 spiro atoms. The van der Waals surface area contributed by atoms with E-state index in [0.717, 1.165) is 12.8 Å². The van der Waals surface area contributed by atoms with Crippen molar-refractivity contribution in [3.8, 4) is 0 Å². The van der Waals surface area contributed by atoms with Crippen molar-refractivity contribution >= 4 is 40.1 Å². The van der Waals surface area contributed by atoms with Crippen LogP contribution in [-0.4, -0.2) is 39.9 Å². The van der Waals surface area contributed by atoms with Gasteiger partial charge in [-0.2, -0.15) is 0 Å². The van der Waals surface area contributed by atoms with Crippen molar-refractivity contribution in [1.82, 2.24) is 15.2 Å². The van der Waals surface area contributed by atoms with Crippen LogP contribution in [0.5, 0.6) is 0 Å². The van der Waals surface area contributed by atoms with Crippen molar-refractivity contribution in [3.63, 3.8) is 0 Å². The molecule has 1 N–H and O–H groups in total. The molecule has 1 aliphatic rings. The molecule has 0 radical (unpaired) electrons. The molecule has 2 aromatic rings. The molecule has 0 aliphatic heterocycles. The molecule has 2 heterocycles. The topological polar surface area (TPSA) is 107 Å². The Labute approximate surface area is 159 Å². The van der Waals surface area contributed by atoms with Crippen molar-refractivity contribution in [2.45, 2.75) is 49.7 Å². The standard InChI is InChI=1S/C16H20N4O4S2/c1-23-13(22)7-11-8-25-15(17-11)18-12(21)9-26-16-20-19-14(24-16)10-5-3-2-4-6-10/h8,10H,2-7,9H2,1H3,(H,17,18,21). The van der Waals surface area contributed by atoms with E-state index in [-0.39, 0.29) is 24.1 Å². The number of thioether (sulfide) groups is 1. The molecular formula is C16H20N4O4S2. The fraction of sp³-hybridized carbons (Fsp3) is 0.562. The minimum Gasteiger partial charge on any atom is -0.469 e. The molecule has 140 valence electrons. The number of carbonyl (C=O) groups excluding carboxylic acids is 2. The van der Waals surface area contributed by atoms with E-state index in [4.69, 9.17) is 4.42 Å². The van der Waals surface area contributed by atoms with Crippen molar-refractivity contribution in [2.75, 3.05) is 18.2 Å². The molecule has 0 bridgehead atoms. The molecule has 0 atom stereocenters. The second kappa shape index (κ2) is 9.13. The first kappa shape index (κ1) is 18.8. The third-order valence-electron chi connectivity index (χ3n) is 4.05. The summed E-state index contributed by atoms with van der Waals surface area (Å²) in [6, 6.07) is 0. The van der Waals surface area contributed by atoms with Crippen LogP contribution in [0.3, 0.4) is 0 Å². The van der Waals surface area contributed by atoms with Gasteiger partial charge in [-0.05, 0) is 12.8 Å². The van der Waals surface area contributed by atoms with Gasteiger partial charge in [-0.15, -0.1) is 21.5 Å². The molecule has 2 aromatic heterocycles. The SMILES string of the molecule is COC(=O)Cc1csc(NC(=O)CSc2nnc(C3CCCCC3)o2)n1. The molecule has 3 rings (SSSR count). The van der Waals surface area contributed by atoms with Gasteiger partial charge in [0, 0.05) is 11.3 Å². The Morgan fingerprint density at radius 1 is 1.35 bits per heavy atom. The molecule has 0 unspecified atom stereocenters. The number of thiazole rings is 1. The predicted molar refractivity (Wildman–Crippen MR) is 97.3 cm³/mol. The first-order valence-electron chi connectivity index (χ1n) is 8.41. The normalized spacial score (nSPS) is 15.0. The smallest absolute Gasteiger partial charge is 0.311 e. The Morgan fingerprint density at radius 3 is 2.92 bits per heavy atom. The van der Waals surface area contributed by atoms with Gasteiger partial charge >= 0.3 is 5.97 Å². The summed E-state index contributed by atoms with van der Waals surface area (Å²) in [7, 11) is 1.33. The Bertz CT molecular complexity index is 755. The number of hydrogen-bond acceptors (Lipinski definition) is 9. The van der Waals surface area contributed by atoms with Crippen LogP contribution in [-0.2, 0) is 20.7 Å². The van der Waals surface area contributed by atoms with E-state index in [0.29, 0.717) is 27.9 Å². The monoisotopic (exact) mass is 396 g/mol. The number of carbonyl (C=O) groups is 2. The zero-order chi connectivity index (χ0) is 18.4. The summed E-state index contributed by atoms with van der Waals surface area (Å²) in [5.41, 5.74) is 0.568. The summed E-state index contributed by atoms with van der Waals surface area (Å²) < 4.78 is 10.3. The van der Waals surface area contributed by atoms with Crippen LogP contribution in [0.25, 0.3) is 0 Å². The number of ether oxygens (including phenoxy) is 1. The van der Waals surface area contributed by atoms with Crippen LogP contribution in [0.2, 0.25) is 0 Å². The highest BCUT2D eigenvalue weighted by atomic mass is 32.2. The number of nitrogens with zero attached hydrogens (tertiary/aromatic N) is 3. The van der Waals surface area contributed by atoms with E-state index in [1.165, 1.54) is 49.5 Å². The summed E-state index contributed by atoms with van der Waals surface area (Å²) in [5, 5.41) is 13.4. The Balaban J connectivity index is 1.45. The summed E-state index contributed by atoms with van der Waals surface area (Å²) in [5.74, 6) is 0.598. The first-order valence-corrected chi connectivity index (χ1v) is 10.3. The molecule has 26 heavy (non-hydrogen) atoms. The highest BCUT2D eigenvalue weighted by Crippen LogP contribution is 2.32. The molecule has 1 fully saturated rings. The third-order valence-corrected chi connectivity index (χ3v) is 5.68. The summed E-state index contributed by atoms with van der Waals surface area (Å²) >= 11 is 2.47. The quantitative estimate of drug-likeness (QED) is 0.562. The van der Waals surface area contributed by atoms with Gasteiger partial charge in [0.2, 0.25) is 11.8 Å². The number of hydrogen-bond donors (Lipinski definition) is 1. The summed E-state index contributed by atoms with van der Waals surface area (Å²) in [6.07, 6.45) is 5.93. The summed E-state index contributed by atoms with van der Waals surface area (Å²) in [6.45, 7) is 0. The van der Waals surface area contributed by atoms with E-state index in [1.54, 1.807) is 5.38 Å². The van der Waals surface area contributed by atoms with Crippen molar-refractivity contribution in [2.24, 2.45) is 0 Å². The fourth-order valence-corrected chi connectivity index (χ4v) is 4.04. The van der Waals surface area contributed by atoms with Gasteiger partial charge in [0.25, 0.3) is 5.22 Å². The maximum absolute atomic E-state index is 12.0. The van der Waals surface area contributed by atoms with Gasteiger partial charge in [0.15, 0.2) is 5.13 Å². The van der Waals surface area contributed by atoms with Gasteiger partial charge < -0.3 is 14.5 Å². The first-order chi connectivity index (χ1) is 12.6. The molecule has 1 aliphatic carbocycles. The predicted octanol–water partition coefficient (Wildman–Crippen LogP) is 3.02. The van der Waals surface area contributed by atoms with Crippen LogP contribution in [0.15, 0.2) is 15.0 Å². The summed E-state index contributed by atoms with van der Waals surface area (Å²) in [4.78, 5) is 27.4. The maximum atomic E-state index is 12.0. The lowest BCUT2D eigenvalue weighted by Gasteiger charge is -2.17. The molecule has 0 aromatic carbocycles. The van der Waals surface area contributed by atoms with Crippen LogP contribution in [0, 0.1) is 0 Å². The van der Waals surface area contributed by atoms with Crippen molar-refractivity contribution in [3.05, 3.63) is 17.0 Å². The van der Waals surface area contributed by atoms with Gasteiger partial charge in [-0.3, -0.25) is 9.59 Å². The zero-order valence-electron chi connectivity index (χ0n) is 14.4.